The fourth-order valence-corrected chi connectivity index (χ4v) is 2.76. The molecule has 0 heterocycles. The van der Waals surface area contributed by atoms with Crippen molar-refractivity contribution in [2.45, 2.75) is 84.0 Å². The SMILES string of the molecule is CC(=O)OC(C#CC(C)O)CCCCCCCCCOCc1ccccc1. The fourth-order valence-electron chi connectivity index (χ4n) is 2.76. The van der Waals surface area contributed by atoms with Crippen molar-refractivity contribution in [2.75, 3.05) is 6.61 Å². The average Bonchev–Trinajstić information content (AvgIpc) is 2.64. The van der Waals surface area contributed by atoms with Crippen LogP contribution in [0.3, 0.4) is 0 Å². The maximum atomic E-state index is 11.1. The first-order valence-electron chi connectivity index (χ1n) is 10.1. The second kappa shape index (κ2) is 15.2. The lowest BCUT2D eigenvalue weighted by molar-refractivity contribution is -0.144. The van der Waals surface area contributed by atoms with Crippen molar-refractivity contribution in [1.82, 2.24) is 0 Å². The number of hydrogen-bond donors (Lipinski definition) is 1. The molecule has 0 spiro atoms. The Morgan fingerprint density at radius 3 is 2.26 bits per heavy atom. The predicted octanol–water partition coefficient (Wildman–Crippen LogP) is 4.64. The van der Waals surface area contributed by atoms with E-state index in [1.54, 1.807) is 6.92 Å². The summed E-state index contributed by atoms with van der Waals surface area (Å²) in [7, 11) is 0. The minimum Gasteiger partial charge on any atom is -0.449 e. The van der Waals surface area contributed by atoms with Crippen molar-refractivity contribution in [2.24, 2.45) is 0 Å². The summed E-state index contributed by atoms with van der Waals surface area (Å²) in [5.74, 6) is 5.17. The van der Waals surface area contributed by atoms with E-state index in [-0.39, 0.29) is 5.97 Å². The molecule has 2 atom stereocenters. The zero-order chi connectivity index (χ0) is 19.7. The molecular formula is C23H34O4. The number of carbonyl (C=O) groups excluding carboxylic acids is 1. The van der Waals surface area contributed by atoms with Crippen LogP contribution in [0.15, 0.2) is 30.3 Å². The molecule has 0 aliphatic rings. The van der Waals surface area contributed by atoms with E-state index in [0.29, 0.717) is 6.61 Å². The molecule has 4 nitrogen and oxygen atoms in total. The van der Waals surface area contributed by atoms with Crippen molar-refractivity contribution in [3.05, 3.63) is 35.9 Å². The van der Waals surface area contributed by atoms with Gasteiger partial charge in [-0.1, -0.05) is 74.3 Å². The van der Waals surface area contributed by atoms with Crippen molar-refractivity contribution in [1.29, 1.82) is 0 Å². The molecule has 0 aliphatic carbocycles. The van der Waals surface area contributed by atoms with E-state index in [4.69, 9.17) is 9.47 Å². The number of unbranched alkanes of at least 4 members (excludes halogenated alkanes) is 6. The summed E-state index contributed by atoms with van der Waals surface area (Å²) in [6.07, 6.45) is 7.65. The van der Waals surface area contributed by atoms with Gasteiger partial charge in [0.05, 0.1) is 6.61 Å². The summed E-state index contributed by atoms with van der Waals surface area (Å²) >= 11 is 0. The van der Waals surface area contributed by atoms with E-state index in [0.717, 1.165) is 32.3 Å². The van der Waals surface area contributed by atoms with Crippen molar-refractivity contribution in [3.63, 3.8) is 0 Å². The monoisotopic (exact) mass is 374 g/mol. The Morgan fingerprint density at radius 1 is 1.00 bits per heavy atom. The maximum Gasteiger partial charge on any atom is 0.303 e. The van der Waals surface area contributed by atoms with Gasteiger partial charge in [0.1, 0.15) is 6.10 Å². The Labute approximate surface area is 164 Å². The molecule has 0 saturated carbocycles. The molecule has 1 rings (SSSR count). The molecular weight excluding hydrogens is 340 g/mol. The predicted molar refractivity (Wildman–Crippen MR) is 108 cm³/mol. The molecule has 27 heavy (non-hydrogen) atoms. The molecule has 0 amide bonds. The lowest BCUT2D eigenvalue weighted by atomic mass is 10.1. The van der Waals surface area contributed by atoms with E-state index >= 15 is 0 Å². The van der Waals surface area contributed by atoms with Gasteiger partial charge in [-0.3, -0.25) is 4.79 Å². The second-order valence-corrected chi connectivity index (χ2v) is 6.86. The molecule has 2 unspecified atom stereocenters. The van der Waals surface area contributed by atoms with Crippen LogP contribution in [-0.4, -0.2) is 29.9 Å². The van der Waals surface area contributed by atoms with Crippen LogP contribution in [0, 0.1) is 11.8 Å². The molecule has 0 fully saturated rings. The van der Waals surface area contributed by atoms with Crippen molar-refractivity contribution < 1.29 is 19.4 Å². The molecule has 0 aromatic heterocycles. The topological polar surface area (TPSA) is 55.8 Å². The van der Waals surface area contributed by atoms with E-state index in [2.05, 4.69) is 24.0 Å². The molecule has 1 N–H and O–H groups in total. The van der Waals surface area contributed by atoms with Gasteiger partial charge in [-0.05, 0) is 31.7 Å². The number of ether oxygens (including phenoxy) is 2. The van der Waals surface area contributed by atoms with E-state index < -0.39 is 12.2 Å². The number of benzene rings is 1. The van der Waals surface area contributed by atoms with Crippen molar-refractivity contribution in [3.8, 4) is 11.8 Å². The van der Waals surface area contributed by atoms with Gasteiger partial charge >= 0.3 is 5.97 Å². The van der Waals surface area contributed by atoms with Crippen LogP contribution in [0.2, 0.25) is 0 Å². The highest BCUT2D eigenvalue weighted by atomic mass is 16.5. The van der Waals surface area contributed by atoms with Gasteiger partial charge in [0.25, 0.3) is 0 Å². The van der Waals surface area contributed by atoms with Gasteiger partial charge in [0, 0.05) is 13.5 Å². The highest BCUT2D eigenvalue weighted by Crippen LogP contribution is 2.12. The fraction of sp³-hybridized carbons (Fsp3) is 0.609. The molecule has 150 valence electrons. The molecule has 0 bridgehead atoms. The van der Waals surface area contributed by atoms with Crippen LogP contribution >= 0.6 is 0 Å². The van der Waals surface area contributed by atoms with Gasteiger partial charge in [-0.15, -0.1) is 0 Å². The Hall–Kier alpha value is -1.83. The normalized spacial score (nSPS) is 12.7. The Morgan fingerprint density at radius 2 is 1.63 bits per heavy atom. The van der Waals surface area contributed by atoms with Gasteiger partial charge in [-0.25, -0.2) is 0 Å². The summed E-state index contributed by atoms with van der Waals surface area (Å²) in [5.41, 5.74) is 1.22. The van der Waals surface area contributed by atoms with E-state index in [1.165, 1.54) is 38.2 Å². The third-order valence-electron chi connectivity index (χ3n) is 4.13. The standard InChI is InChI=1S/C23H34O4/c1-20(24)16-17-23(27-21(2)25)15-11-6-4-3-5-7-12-18-26-19-22-13-9-8-10-14-22/h8-10,13-14,20,23-24H,3-7,11-12,15,18-19H2,1-2H3. The number of rotatable bonds is 13. The van der Waals surface area contributed by atoms with Crippen LogP contribution in [0.25, 0.3) is 0 Å². The average molecular weight is 375 g/mol. The van der Waals surface area contributed by atoms with Gasteiger partial charge in [-0.2, -0.15) is 0 Å². The zero-order valence-electron chi connectivity index (χ0n) is 16.8. The summed E-state index contributed by atoms with van der Waals surface area (Å²) in [4.78, 5) is 11.1. The zero-order valence-corrected chi connectivity index (χ0v) is 16.8. The van der Waals surface area contributed by atoms with Crippen LogP contribution < -0.4 is 0 Å². The van der Waals surface area contributed by atoms with Gasteiger partial charge in [0.2, 0.25) is 0 Å². The third-order valence-corrected chi connectivity index (χ3v) is 4.13. The maximum absolute atomic E-state index is 11.1. The second-order valence-electron chi connectivity index (χ2n) is 6.86. The quantitative estimate of drug-likeness (QED) is 0.310. The summed E-state index contributed by atoms with van der Waals surface area (Å²) in [6.45, 7) is 4.51. The third kappa shape index (κ3) is 14.0. The summed E-state index contributed by atoms with van der Waals surface area (Å²) in [6, 6.07) is 10.3. The van der Waals surface area contributed by atoms with Gasteiger partial charge in [0.15, 0.2) is 6.10 Å². The first kappa shape index (κ1) is 23.2. The number of hydrogen-bond acceptors (Lipinski definition) is 4. The largest absolute Gasteiger partial charge is 0.449 e. The molecule has 1 aromatic rings. The van der Waals surface area contributed by atoms with E-state index in [9.17, 15) is 9.90 Å². The van der Waals surface area contributed by atoms with E-state index in [1.807, 2.05) is 18.2 Å². The molecule has 4 heteroatoms. The Bertz CT molecular complexity index is 557. The summed E-state index contributed by atoms with van der Waals surface area (Å²) in [5, 5.41) is 9.22. The van der Waals surface area contributed by atoms with Crippen LogP contribution in [0.5, 0.6) is 0 Å². The minimum atomic E-state index is -0.695. The lowest BCUT2D eigenvalue weighted by Crippen LogP contribution is -2.14. The Balaban J connectivity index is 1.96. The lowest BCUT2D eigenvalue weighted by Gasteiger charge is -2.11. The molecule has 0 aliphatic heterocycles. The highest BCUT2D eigenvalue weighted by Gasteiger charge is 2.08. The highest BCUT2D eigenvalue weighted by molar-refractivity contribution is 5.66. The first-order valence-corrected chi connectivity index (χ1v) is 10.1. The first-order chi connectivity index (χ1) is 13.1. The number of carbonyl (C=O) groups is 1. The van der Waals surface area contributed by atoms with Crippen LogP contribution in [-0.2, 0) is 20.9 Å². The van der Waals surface area contributed by atoms with Gasteiger partial charge < -0.3 is 14.6 Å². The van der Waals surface area contributed by atoms with Crippen molar-refractivity contribution >= 4 is 5.97 Å². The molecule has 0 saturated heterocycles. The number of esters is 1. The Kier molecular flexibility index (Phi) is 13.1. The molecule has 0 radical (unpaired) electrons. The number of aliphatic hydroxyl groups is 1. The smallest absolute Gasteiger partial charge is 0.303 e. The van der Waals surface area contributed by atoms with Crippen LogP contribution in [0.4, 0.5) is 0 Å². The van der Waals surface area contributed by atoms with Crippen LogP contribution in [0.1, 0.15) is 70.8 Å². The summed E-state index contributed by atoms with van der Waals surface area (Å²) < 4.78 is 10.9. The minimum absolute atomic E-state index is 0.325. The number of aliphatic hydroxyl groups excluding tert-OH is 1. The molecule has 1 aromatic carbocycles.